The highest BCUT2D eigenvalue weighted by molar-refractivity contribution is 5.80. The fraction of sp³-hybridized carbons (Fsp3) is 0.667. The number of carbonyl (C=O) groups excluding carboxylic acids is 2. The number of rotatable bonds is 4. The molecule has 0 aromatic rings. The van der Waals surface area contributed by atoms with Gasteiger partial charge in [0.25, 0.3) is 0 Å². The van der Waals surface area contributed by atoms with Crippen LogP contribution in [0, 0.1) is 5.92 Å². The van der Waals surface area contributed by atoms with Gasteiger partial charge in [-0.15, -0.1) is 0 Å². The molecule has 0 saturated carbocycles. The van der Waals surface area contributed by atoms with E-state index in [0.717, 1.165) is 0 Å². The van der Waals surface area contributed by atoms with Crippen molar-refractivity contribution in [2.75, 3.05) is 19.6 Å². The van der Waals surface area contributed by atoms with Crippen LogP contribution < -0.4 is 11.1 Å². The fourth-order valence-electron chi connectivity index (χ4n) is 1.57. The number of carbonyl (C=O) groups is 3. The maximum atomic E-state index is 11.5. The second-order valence-corrected chi connectivity index (χ2v) is 3.71. The van der Waals surface area contributed by atoms with Gasteiger partial charge < -0.3 is 21.1 Å². The Labute approximate surface area is 92.6 Å². The van der Waals surface area contributed by atoms with Crippen LogP contribution in [0.4, 0.5) is 4.79 Å². The summed E-state index contributed by atoms with van der Waals surface area (Å²) < 4.78 is 0. The minimum Gasteiger partial charge on any atom is -0.481 e. The maximum Gasteiger partial charge on any atom is 0.317 e. The molecule has 16 heavy (non-hydrogen) atoms. The lowest BCUT2D eigenvalue weighted by Gasteiger charge is -2.16. The smallest absolute Gasteiger partial charge is 0.317 e. The van der Waals surface area contributed by atoms with E-state index in [4.69, 9.17) is 10.8 Å². The highest BCUT2D eigenvalue weighted by Crippen LogP contribution is 2.15. The summed E-state index contributed by atoms with van der Waals surface area (Å²) in [5.74, 6) is -1.65. The van der Waals surface area contributed by atoms with Gasteiger partial charge >= 0.3 is 12.0 Å². The van der Waals surface area contributed by atoms with Gasteiger partial charge in [-0.1, -0.05) is 0 Å². The van der Waals surface area contributed by atoms with E-state index in [9.17, 15) is 14.4 Å². The zero-order chi connectivity index (χ0) is 12.1. The Hall–Kier alpha value is -1.79. The number of likely N-dealkylation sites (tertiary alicyclic amines) is 1. The van der Waals surface area contributed by atoms with E-state index >= 15 is 0 Å². The number of amides is 3. The normalized spacial score (nSPS) is 19.5. The molecule has 1 fully saturated rings. The van der Waals surface area contributed by atoms with Gasteiger partial charge in [0.1, 0.15) is 0 Å². The van der Waals surface area contributed by atoms with Crippen molar-refractivity contribution in [3.05, 3.63) is 0 Å². The third-order valence-corrected chi connectivity index (χ3v) is 2.49. The van der Waals surface area contributed by atoms with Gasteiger partial charge in [0.15, 0.2) is 0 Å². The molecule has 0 bridgehead atoms. The van der Waals surface area contributed by atoms with E-state index in [-0.39, 0.29) is 24.9 Å². The second kappa shape index (κ2) is 5.34. The number of aliphatic carboxylic acids is 1. The highest BCUT2D eigenvalue weighted by Gasteiger charge is 2.29. The molecule has 1 heterocycles. The molecule has 1 unspecified atom stereocenters. The summed E-state index contributed by atoms with van der Waals surface area (Å²) in [5.41, 5.74) is 5.12. The molecule has 0 radical (unpaired) electrons. The molecule has 1 atom stereocenters. The summed E-state index contributed by atoms with van der Waals surface area (Å²) in [6.45, 7) is 0.882. The minimum absolute atomic E-state index is 0.0892. The first-order valence-corrected chi connectivity index (χ1v) is 5.04. The van der Waals surface area contributed by atoms with Crippen LogP contribution in [-0.4, -0.2) is 47.5 Å². The lowest BCUT2D eigenvalue weighted by atomic mass is 10.1. The average molecular weight is 229 g/mol. The van der Waals surface area contributed by atoms with Crippen molar-refractivity contribution in [3.63, 3.8) is 0 Å². The molecule has 1 aliphatic heterocycles. The predicted octanol–water partition coefficient (Wildman–Crippen LogP) is -1.02. The van der Waals surface area contributed by atoms with Gasteiger partial charge in [0, 0.05) is 19.6 Å². The Kier molecular flexibility index (Phi) is 4.10. The first-order valence-electron chi connectivity index (χ1n) is 5.04. The first kappa shape index (κ1) is 12.3. The molecule has 0 aromatic heterocycles. The number of urea groups is 1. The summed E-state index contributed by atoms with van der Waals surface area (Å²) in [5, 5.41) is 10.8. The molecule has 7 nitrogen and oxygen atoms in total. The van der Waals surface area contributed by atoms with Gasteiger partial charge in [0.05, 0.1) is 12.3 Å². The van der Waals surface area contributed by atoms with Crippen molar-refractivity contribution in [1.29, 1.82) is 0 Å². The maximum absolute atomic E-state index is 11.5. The summed E-state index contributed by atoms with van der Waals surface area (Å²) in [6, 6.07) is -0.343. The highest BCUT2D eigenvalue weighted by atomic mass is 16.4. The van der Waals surface area contributed by atoms with Crippen molar-refractivity contribution in [2.45, 2.75) is 12.8 Å². The third-order valence-electron chi connectivity index (χ3n) is 2.49. The SMILES string of the molecule is NC(=O)C1CCN(C(=O)NCCC(=O)O)C1. The van der Waals surface area contributed by atoms with Crippen molar-refractivity contribution >= 4 is 17.9 Å². The summed E-state index contributed by atoms with van der Waals surface area (Å²) >= 11 is 0. The predicted molar refractivity (Wildman–Crippen MR) is 54.5 cm³/mol. The lowest BCUT2D eigenvalue weighted by Crippen LogP contribution is -2.40. The Morgan fingerprint density at radius 3 is 2.62 bits per heavy atom. The number of primary amides is 1. The average Bonchev–Trinajstić information content (AvgIpc) is 2.65. The Bertz CT molecular complexity index is 305. The van der Waals surface area contributed by atoms with E-state index in [0.29, 0.717) is 19.5 Å². The molecule has 1 aliphatic rings. The second-order valence-electron chi connectivity index (χ2n) is 3.71. The van der Waals surface area contributed by atoms with Crippen LogP contribution in [0.3, 0.4) is 0 Å². The zero-order valence-corrected chi connectivity index (χ0v) is 8.81. The van der Waals surface area contributed by atoms with Gasteiger partial charge in [-0.25, -0.2) is 4.79 Å². The van der Waals surface area contributed by atoms with Crippen LogP contribution >= 0.6 is 0 Å². The van der Waals surface area contributed by atoms with Gasteiger partial charge in [0.2, 0.25) is 5.91 Å². The van der Waals surface area contributed by atoms with E-state index in [1.165, 1.54) is 4.90 Å². The first-order chi connectivity index (χ1) is 7.50. The molecule has 0 aliphatic carbocycles. The van der Waals surface area contributed by atoms with Crippen molar-refractivity contribution in [2.24, 2.45) is 11.7 Å². The molecule has 0 aromatic carbocycles. The summed E-state index contributed by atoms with van der Waals surface area (Å²) in [6.07, 6.45) is 0.459. The Balaban J connectivity index is 2.28. The van der Waals surface area contributed by atoms with Crippen LogP contribution in [-0.2, 0) is 9.59 Å². The molecule has 3 amide bonds. The molecule has 7 heteroatoms. The largest absolute Gasteiger partial charge is 0.481 e. The van der Waals surface area contributed by atoms with Gasteiger partial charge in [-0.05, 0) is 6.42 Å². The minimum atomic E-state index is -0.961. The molecule has 4 N–H and O–H groups in total. The van der Waals surface area contributed by atoms with Crippen LogP contribution in [0.15, 0.2) is 0 Å². The molecular weight excluding hydrogens is 214 g/mol. The summed E-state index contributed by atoms with van der Waals surface area (Å²) in [7, 11) is 0. The number of carboxylic acid groups (broad SMARTS) is 1. The number of nitrogens with one attached hydrogen (secondary N) is 1. The van der Waals surface area contributed by atoms with Crippen LogP contribution in [0.25, 0.3) is 0 Å². The van der Waals surface area contributed by atoms with Crippen LogP contribution in [0.2, 0.25) is 0 Å². The number of hydrogen-bond acceptors (Lipinski definition) is 3. The molecule has 1 rings (SSSR count). The van der Waals surface area contributed by atoms with Crippen LogP contribution in [0.1, 0.15) is 12.8 Å². The molecule has 0 spiro atoms. The number of nitrogens with zero attached hydrogens (tertiary/aromatic N) is 1. The number of carboxylic acids is 1. The Morgan fingerprint density at radius 2 is 2.12 bits per heavy atom. The van der Waals surface area contributed by atoms with E-state index in [1.54, 1.807) is 0 Å². The van der Waals surface area contributed by atoms with E-state index in [1.807, 2.05) is 0 Å². The topological polar surface area (TPSA) is 113 Å². The third kappa shape index (κ3) is 3.41. The van der Waals surface area contributed by atoms with Crippen molar-refractivity contribution in [3.8, 4) is 0 Å². The fourth-order valence-corrected chi connectivity index (χ4v) is 1.57. The number of nitrogens with two attached hydrogens (primary N) is 1. The monoisotopic (exact) mass is 229 g/mol. The molecular formula is C9H15N3O4. The standard InChI is InChI=1S/C9H15N3O4/c10-8(15)6-2-4-12(5-6)9(16)11-3-1-7(13)14/h6H,1-5H2,(H2,10,15)(H,11,16)(H,13,14). The van der Waals surface area contributed by atoms with Crippen molar-refractivity contribution in [1.82, 2.24) is 10.2 Å². The lowest BCUT2D eigenvalue weighted by molar-refractivity contribution is -0.136. The van der Waals surface area contributed by atoms with E-state index < -0.39 is 11.9 Å². The quantitative estimate of drug-likeness (QED) is 0.572. The van der Waals surface area contributed by atoms with Crippen LogP contribution in [0.5, 0.6) is 0 Å². The Morgan fingerprint density at radius 1 is 1.44 bits per heavy atom. The summed E-state index contributed by atoms with van der Waals surface area (Å²) in [4.78, 5) is 34.0. The zero-order valence-electron chi connectivity index (χ0n) is 8.81. The molecule has 1 saturated heterocycles. The van der Waals surface area contributed by atoms with E-state index in [2.05, 4.69) is 5.32 Å². The van der Waals surface area contributed by atoms with Gasteiger partial charge in [-0.2, -0.15) is 0 Å². The van der Waals surface area contributed by atoms with Gasteiger partial charge in [-0.3, -0.25) is 9.59 Å². The molecule has 90 valence electrons. The number of hydrogen-bond donors (Lipinski definition) is 3. The van der Waals surface area contributed by atoms with Crippen molar-refractivity contribution < 1.29 is 19.5 Å².